The van der Waals surface area contributed by atoms with Crippen LogP contribution >= 0.6 is 0 Å². The van der Waals surface area contributed by atoms with Crippen molar-refractivity contribution in [2.45, 2.75) is 19.9 Å². The molecule has 1 rings (SSSR count). The van der Waals surface area contributed by atoms with E-state index in [1.165, 1.54) is 0 Å². The fraction of sp³-hybridized carbons (Fsp3) is 0.556. The Morgan fingerprint density at radius 1 is 1.42 bits per heavy atom. The fourth-order valence-corrected chi connectivity index (χ4v) is 0.952. The highest BCUT2D eigenvalue weighted by atomic mass is 16.6. The van der Waals surface area contributed by atoms with E-state index in [-0.39, 0.29) is 6.04 Å². The fourth-order valence-electron chi connectivity index (χ4n) is 0.952. The largest absolute Gasteiger partial charge is 0.468 e. The summed E-state index contributed by atoms with van der Waals surface area (Å²) in [5.74, 6) is 1.67. The summed E-state index contributed by atoms with van der Waals surface area (Å²) in [7, 11) is 1.57. The van der Waals surface area contributed by atoms with Crippen molar-refractivity contribution in [2.24, 2.45) is 11.7 Å². The normalized spacial score (nSPS) is 13.4. The monoisotopic (exact) mass is 169 g/mol. The first-order chi connectivity index (χ1) is 5.65. The van der Waals surface area contributed by atoms with Crippen LogP contribution in [0.15, 0.2) is 16.5 Å². The lowest BCUT2D eigenvalue weighted by molar-refractivity contribution is 0.279. The SMILES string of the molecule is COc1ccc([C@@H](N)C(C)C)o1. The maximum Gasteiger partial charge on any atom is 0.284 e. The number of ether oxygens (including phenoxy) is 1. The van der Waals surface area contributed by atoms with Crippen LogP contribution in [-0.4, -0.2) is 7.11 Å². The Kier molecular flexibility index (Phi) is 2.76. The van der Waals surface area contributed by atoms with E-state index in [0.29, 0.717) is 11.9 Å². The van der Waals surface area contributed by atoms with E-state index in [4.69, 9.17) is 14.9 Å². The molecule has 0 bridgehead atoms. The van der Waals surface area contributed by atoms with Gasteiger partial charge in [-0.2, -0.15) is 0 Å². The molecule has 2 N–H and O–H groups in total. The lowest BCUT2D eigenvalue weighted by atomic mass is 10.0. The second-order valence-corrected chi connectivity index (χ2v) is 3.13. The van der Waals surface area contributed by atoms with Crippen molar-refractivity contribution in [1.29, 1.82) is 0 Å². The van der Waals surface area contributed by atoms with Gasteiger partial charge >= 0.3 is 0 Å². The highest BCUT2D eigenvalue weighted by Crippen LogP contribution is 2.24. The predicted octanol–water partition coefficient (Wildman–Crippen LogP) is 1.94. The van der Waals surface area contributed by atoms with Gasteiger partial charge in [-0.3, -0.25) is 0 Å². The van der Waals surface area contributed by atoms with Crippen molar-refractivity contribution in [3.05, 3.63) is 17.9 Å². The number of hydrogen-bond donors (Lipinski definition) is 1. The molecule has 3 heteroatoms. The molecule has 0 unspecified atom stereocenters. The molecule has 0 saturated carbocycles. The molecular weight excluding hydrogens is 154 g/mol. The smallest absolute Gasteiger partial charge is 0.284 e. The van der Waals surface area contributed by atoms with Gasteiger partial charge < -0.3 is 14.9 Å². The van der Waals surface area contributed by atoms with Gasteiger partial charge in [0, 0.05) is 6.07 Å². The van der Waals surface area contributed by atoms with Crippen molar-refractivity contribution in [3.63, 3.8) is 0 Å². The molecule has 0 fully saturated rings. The summed E-state index contributed by atoms with van der Waals surface area (Å²) >= 11 is 0. The number of rotatable bonds is 3. The predicted molar refractivity (Wildman–Crippen MR) is 47.0 cm³/mol. The number of methoxy groups -OCH3 is 1. The van der Waals surface area contributed by atoms with Crippen LogP contribution in [0.25, 0.3) is 0 Å². The number of hydrogen-bond acceptors (Lipinski definition) is 3. The zero-order valence-corrected chi connectivity index (χ0v) is 7.70. The first kappa shape index (κ1) is 9.13. The molecule has 1 aromatic heterocycles. The van der Waals surface area contributed by atoms with Crippen LogP contribution in [0.3, 0.4) is 0 Å². The molecule has 0 spiro atoms. The molecule has 0 aliphatic heterocycles. The summed E-state index contributed by atoms with van der Waals surface area (Å²) in [6.45, 7) is 4.11. The number of nitrogens with two attached hydrogens (primary N) is 1. The summed E-state index contributed by atoms with van der Waals surface area (Å²) in [4.78, 5) is 0. The average Bonchev–Trinajstić information content (AvgIpc) is 2.50. The molecule has 0 aromatic carbocycles. The lowest BCUT2D eigenvalue weighted by Gasteiger charge is -2.11. The van der Waals surface area contributed by atoms with E-state index < -0.39 is 0 Å². The Bertz CT molecular complexity index is 242. The van der Waals surface area contributed by atoms with Crippen LogP contribution in [0.1, 0.15) is 25.6 Å². The molecule has 0 saturated heterocycles. The van der Waals surface area contributed by atoms with Crippen LogP contribution in [0.5, 0.6) is 5.95 Å². The van der Waals surface area contributed by atoms with Gasteiger partial charge in [0.05, 0.1) is 13.2 Å². The van der Waals surface area contributed by atoms with E-state index in [1.54, 1.807) is 13.2 Å². The third-order valence-electron chi connectivity index (χ3n) is 1.85. The van der Waals surface area contributed by atoms with Crippen molar-refractivity contribution in [1.82, 2.24) is 0 Å². The standard InChI is InChI=1S/C9H15NO2/c1-6(2)9(10)7-4-5-8(11-3)12-7/h4-6,9H,10H2,1-3H3/t9-/m0/s1. The molecule has 0 aliphatic rings. The van der Waals surface area contributed by atoms with Crippen LogP contribution in [0, 0.1) is 5.92 Å². The van der Waals surface area contributed by atoms with E-state index in [0.717, 1.165) is 5.76 Å². The first-order valence-corrected chi connectivity index (χ1v) is 4.04. The molecule has 1 heterocycles. The zero-order chi connectivity index (χ0) is 9.14. The summed E-state index contributed by atoms with van der Waals surface area (Å²) in [6.07, 6.45) is 0. The molecule has 1 atom stereocenters. The minimum absolute atomic E-state index is 0.0473. The maximum absolute atomic E-state index is 5.86. The Balaban J connectivity index is 2.74. The Labute approximate surface area is 72.5 Å². The summed E-state index contributed by atoms with van der Waals surface area (Å²) in [6, 6.07) is 3.58. The molecule has 12 heavy (non-hydrogen) atoms. The maximum atomic E-state index is 5.86. The third kappa shape index (κ3) is 1.80. The molecule has 68 valence electrons. The topological polar surface area (TPSA) is 48.4 Å². The van der Waals surface area contributed by atoms with E-state index in [9.17, 15) is 0 Å². The minimum atomic E-state index is -0.0473. The second-order valence-electron chi connectivity index (χ2n) is 3.13. The van der Waals surface area contributed by atoms with E-state index in [2.05, 4.69) is 13.8 Å². The molecule has 3 nitrogen and oxygen atoms in total. The van der Waals surface area contributed by atoms with Gasteiger partial charge in [-0.25, -0.2) is 0 Å². The Morgan fingerprint density at radius 2 is 2.08 bits per heavy atom. The summed E-state index contributed by atoms with van der Waals surface area (Å²) < 4.78 is 10.2. The van der Waals surface area contributed by atoms with Gasteiger partial charge in [-0.15, -0.1) is 0 Å². The molecular formula is C9H15NO2. The Hall–Kier alpha value is -0.960. The van der Waals surface area contributed by atoms with Gasteiger partial charge in [-0.1, -0.05) is 13.8 Å². The van der Waals surface area contributed by atoms with E-state index >= 15 is 0 Å². The highest BCUT2D eigenvalue weighted by molar-refractivity contribution is 5.14. The highest BCUT2D eigenvalue weighted by Gasteiger charge is 2.14. The van der Waals surface area contributed by atoms with Crippen LogP contribution < -0.4 is 10.5 Å². The molecule has 0 aliphatic carbocycles. The van der Waals surface area contributed by atoms with Gasteiger partial charge in [0.25, 0.3) is 5.95 Å². The minimum Gasteiger partial charge on any atom is -0.468 e. The van der Waals surface area contributed by atoms with Crippen molar-refractivity contribution in [2.75, 3.05) is 7.11 Å². The third-order valence-corrected chi connectivity index (χ3v) is 1.85. The van der Waals surface area contributed by atoms with Crippen molar-refractivity contribution >= 4 is 0 Å². The van der Waals surface area contributed by atoms with Crippen molar-refractivity contribution in [3.8, 4) is 5.95 Å². The number of furan rings is 1. The quantitative estimate of drug-likeness (QED) is 0.752. The van der Waals surface area contributed by atoms with Crippen LogP contribution in [0.2, 0.25) is 0 Å². The van der Waals surface area contributed by atoms with Gasteiger partial charge in [0.2, 0.25) is 0 Å². The van der Waals surface area contributed by atoms with Gasteiger partial charge in [-0.05, 0) is 12.0 Å². The summed E-state index contributed by atoms with van der Waals surface area (Å²) in [5.41, 5.74) is 5.86. The summed E-state index contributed by atoms with van der Waals surface area (Å²) in [5, 5.41) is 0. The lowest BCUT2D eigenvalue weighted by Crippen LogP contribution is -2.15. The Morgan fingerprint density at radius 3 is 2.50 bits per heavy atom. The van der Waals surface area contributed by atoms with E-state index in [1.807, 2.05) is 6.07 Å². The first-order valence-electron chi connectivity index (χ1n) is 4.04. The molecule has 1 aromatic rings. The molecule has 0 radical (unpaired) electrons. The van der Waals surface area contributed by atoms with Crippen LogP contribution in [-0.2, 0) is 0 Å². The zero-order valence-electron chi connectivity index (χ0n) is 7.70. The van der Waals surface area contributed by atoms with Crippen LogP contribution in [0.4, 0.5) is 0 Å². The second kappa shape index (κ2) is 3.63. The van der Waals surface area contributed by atoms with Crippen molar-refractivity contribution < 1.29 is 9.15 Å². The van der Waals surface area contributed by atoms with Gasteiger partial charge in [0.1, 0.15) is 5.76 Å². The molecule has 0 amide bonds. The average molecular weight is 169 g/mol. The van der Waals surface area contributed by atoms with Gasteiger partial charge in [0.15, 0.2) is 0 Å².